The van der Waals surface area contributed by atoms with Crippen molar-refractivity contribution in [2.45, 2.75) is 33.1 Å². The molecular weight excluding hydrogens is 269 g/mol. The molecule has 0 saturated carbocycles. The highest BCUT2D eigenvalue weighted by molar-refractivity contribution is 14.0. The van der Waals surface area contributed by atoms with Gasteiger partial charge in [-0.1, -0.05) is 20.3 Å². The van der Waals surface area contributed by atoms with Crippen molar-refractivity contribution in [2.24, 2.45) is 0 Å². The molecule has 0 bridgehead atoms. The van der Waals surface area contributed by atoms with E-state index < -0.39 is 0 Å². The molecule has 1 amide bonds. The Bertz CT molecular complexity index is 109. The van der Waals surface area contributed by atoms with Crippen molar-refractivity contribution in [2.75, 3.05) is 13.2 Å². The van der Waals surface area contributed by atoms with E-state index in [1.54, 1.807) is 0 Å². The van der Waals surface area contributed by atoms with Crippen LogP contribution in [0.3, 0.4) is 0 Å². The van der Waals surface area contributed by atoms with Crippen LogP contribution in [-0.4, -0.2) is 19.2 Å². The van der Waals surface area contributed by atoms with Gasteiger partial charge >= 0.3 is 6.09 Å². The molecule has 0 aromatic carbocycles. The number of carbonyl (C=O) groups excluding carboxylic acids is 1. The summed E-state index contributed by atoms with van der Waals surface area (Å²) in [6, 6.07) is 0. The van der Waals surface area contributed by atoms with E-state index in [0.717, 1.165) is 25.8 Å². The molecule has 0 aliphatic rings. The second kappa shape index (κ2) is 11.0. The minimum Gasteiger partial charge on any atom is -0.450 e. The molecule has 0 unspecified atom stereocenters. The van der Waals surface area contributed by atoms with Crippen LogP contribution in [0.1, 0.15) is 33.1 Å². The smallest absolute Gasteiger partial charge is 0.407 e. The van der Waals surface area contributed by atoms with Crippen LogP contribution < -0.4 is 5.32 Å². The fourth-order valence-corrected chi connectivity index (χ4v) is 0.613. The predicted molar refractivity (Wildman–Crippen MR) is 60.0 cm³/mol. The minimum absolute atomic E-state index is 0. The molecule has 3 nitrogen and oxygen atoms in total. The number of alkyl carbamates (subject to hydrolysis) is 1. The van der Waals surface area contributed by atoms with Crippen molar-refractivity contribution in [1.29, 1.82) is 0 Å². The van der Waals surface area contributed by atoms with Crippen LogP contribution in [0.25, 0.3) is 0 Å². The van der Waals surface area contributed by atoms with E-state index in [0.29, 0.717) is 6.61 Å². The van der Waals surface area contributed by atoms with Gasteiger partial charge in [0.2, 0.25) is 0 Å². The highest BCUT2D eigenvalue weighted by atomic mass is 127. The molecule has 0 heterocycles. The van der Waals surface area contributed by atoms with Crippen molar-refractivity contribution >= 4 is 30.1 Å². The number of carbonyl (C=O) groups is 1. The lowest BCUT2D eigenvalue weighted by molar-refractivity contribution is 0.146. The number of rotatable bonds is 5. The zero-order valence-corrected chi connectivity index (χ0v) is 10.1. The molecule has 0 aliphatic heterocycles. The van der Waals surface area contributed by atoms with Gasteiger partial charge in [0.15, 0.2) is 0 Å². The van der Waals surface area contributed by atoms with Gasteiger partial charge in [0.05, 0.1) is 6.61 Å². The first-order chi connectivity index (χ1) is 5.31. The van der Waals surface area contributed by atoms with Crippen LogP contribution in [0.4, 0.5) is 4.79 Å². The van der Waals surface area contributed by atoms with E-state index in [-0.39, 0.29) is 30.1 Å². The van der Waals surface area contributed by atoms with Crippen molar-refractivity contribution < 1.29 is 9.53 Å². The second-order valence-electron chi connectivity index (χ2n) is 2.42. The number of amides is 1. The van der Waals surface area contributed by atoms with E-state index in [4.69, 9.17) is 4.74 Å². The minimum atomic E-state index is -0.291. The Hall–Kier alpha value is 0. The van der Waals surface area contributed by atoms with Crippen molar-refractivity contribution in [3.63, 3.8) is 0 Å². The first-order valence-corrected chi connectivity index (χ1v) is 4.21. The Morgan fingerprint density at radius 1 is 1.33 bits per heavy atom. The Morgan fingerprint density at radius 3 is 2.50 bits per heavy atom. The van der Waals surface area contributed by atoms with Gasteiger partial charge in [-0.25, -0.2) is 4.79 Å². The molecule has 1 N–H and O–H groups in total. The Morgan fingerprint density at radius 2 is 2.00 bits per heavy atom. The van der Waals surface area contributed by atoms with Crippen LogP contribution in [0.15, 0.2) is 0 Å². The standard InChI is InChI=1S/C8H17NO2.HI/c1-3-5-6-9-8(10)11-7-4-2;/h3-7H2,1-2H3,(H,9,10);1H. The van der Waals surface area contributed by atoms with Gasteiger partial charge < -0.3 is 10.1 Å². The predicted octanol–water partition coefficient (Wildman–Crippen LogP) is 2.54. The molecule has 0 aliphatic carbocycles. The van der Waals surface area contributed by atoms with E-state index in [9.17, 15) is 4.79 Å². The van der Waals surface area contributed by atoms with Crippen LogP contribution in [0.2, 0.25) is 0 Å². The maximum Gasteiger partial charge on any atom is 0.407 e. The summed E-state index contributed by atoms with van der Waals surface area (Å²) in [5, 5.41) is 2.66. The number of unbranched alkanes of at least 4 members (excludes halogenated alkanes) is 1. The second-order valence-corrected chi connectivity index (χ2v) is 2.42. The summed E-state index contributed by atoms with van der Waals surface area (Å²) >= 11 is 0. The largest absolute Gasteiger partial charge is 0.450 e. The molecule has 0 rings (SSSR count). The van der Waals surface area contributed by atoms with Gasteiger partial charge in [-0.2, -0.15) is 0 Å². The SMILES string of the molecule is CCCCNC(=O)OCCC.I. The fraction of sp³-hybridized carbons (Fsp3) is 0.875. The average Bonchev–Trinajstić information content (AvgIpc) is 2.01. The van der Waals surface area contributed by atoms with Gasteiger partial charge in [0.1, 0.15) is 0 Å². The van der Waals surface area contributed by atoms with Crippen molar-refractivity contribution in [3.8, 4) is 0 Å². The third-order valence-electron chi connectivity index (χ3n) is 1.24. The number of hydrogen-bond donors (Lipinski definition) is 1. The molecule has 0 spiro atoms. The molecule has 4 heteroatoms. The number of nitrogens with one attached hydrogen (secondary N) is 1. The molecule has 0 aromatic rings. The topological polar surface area (TPSA) is 38.3 Å². The molecule has 0 fully saturated rings. The molecule has 0 saturated heterocycles. The molecule has 12 heavy (non-hydrogen) atoms. The molecule has 74 valence electrons. The first kappa shape index (κ1) is 14.5. The summed E-state index contributed by atoms with van der Waals surface area (Å²) in [5.41, 5.74) is 0. The maximum atomic E-state index is 10.7. The van der Waals surface area contributed by atoms with Gasteiger partial charge in [0.25, 0.3) is 0 Å². The van der Waals surface area contributed by atoms with E-state index in [2.05, 4.69) is 12.2 Å². The highest BCUT2D eigenvalue weighted by Gasteiger charge is 1.97. The molecule has 0 aromatic heterocycles. The van der Waals surface area contributed by atoms with Crippen LogP contribution in [-0.2, 0) is 4.74 Å². The normalized spacial score (nSPS) is 8.50. The monoisotopic (exact) mass is 287 g/mol. The van der Waals surface area contributed by atoms with Crippen LogP contribution in [0.5, 0.6) is 0 Å². The third-order valence-corrected chi connectivity index (χ3v) is 1.24. The molecule has 0 atom stereocenters. The van der Waals surface area contributed by atoms with E-state index >= 15 is 0 Å². The average molecular weight is 287 g/mol. The number of ether oxygens (including phenoxy) is 1. The number of halogens is 1. The van der Waals surface area contributed by atoms with Crippen molar-refractivity contribution in [3.05, 3.63) is 0 Å². The van der Waals surface area contributed by atoms with Crippen molar-refractivity contribution in [1.82, 2.24) is 5.32 Å². The van der Waals surface area contributed by atoms with Gasteiger partial charge in [-0.15, -0.1) is 24.0 Å². The maximum absolute atomic E-state index is 10.7. The lowest BCUT2D eigenvalue weighted by Gasteiger charge is -2.03. The Balaban J connectivity index is 0. The molecule has 0 radical (unpaired) electrons. The fourth-order valence-electron chi connectivity index (χ4n) is 0.613. The Labute approximate surface area is 91.3 Å². The lowest BCUT2D eigenvalue weighted by atomic mass is 10.3. The van der Waals surface area contributed by atoms with Crippen LogP contribution in [0, 0.1) is 0 Å². The zero-order chi connectivity index (χ0) is 8.53. The molecular formula is C8H18INO2. The summed E-state index contributed by atoms with van der Waals surface area (Å²) in [7, 11) is 0. The Kier molecular flexibility index (Phi) is 13.3. The third kappa shape index (κ3) is 10.0. The first-order valence-electron chi connectivity index (χ1n) is 4.21. The summed E-state index contributed by atoms with van der Waals surface area (Å²) in [6.45, 7) is 5.29. The van der Waals surface area contributed by atoms with Gasteiger partial charge in [-0.3, -0.25) is 0 Å². The lowest BCUT2D eigenvalue weighted by Crippen LogP contribution is -2.25. The van der Waals surface area contributed by atoms with Gasteiger partial charge in [-0.05, 0) is 12.8 Å². The van der Waals surface area contributed by atoms with Gasteiger partial charge in [0, 0.05) is 6.54 Å². The summed E-state index contributed by atoms with van der Waals surface area (Å²) in [6.07, 6.45) is 2.69. The summed E-state index contributed by atoms with van der Waals surface area (Å²) < 4.78 is 4.79. The zero-order valence-electron chi connectivity index (χ0n) is 7.76. The summed E-state index contributed by atoms with van der Waals surface area (Å²) in [5.74, 6) is 0. The number of hydrogen-bond acceptors (Lipinski definition) is 2. The summed E-state index contributed by atoms with van der Waals surface area (Å²) in [4.78, 5) is 10.7. The van der Waals surface area contributed by atoms with E-state index in [1.807, 2.05) is 6.92 Å². The quantitative estimate of drug-likeness (QED) is 0.623. The van der Waals surface area contributed by atoms with Crippen LogP contribution >= 0.6 is 24.0 Å². The highest BCUT2D eigenvalue weighted by Crippen LogP contribution is 1.85. The van der Waals surface area contributed by atoms with E-state index in [1.165, 1.54) is 0 Å².